The summed E-state index contributed by atoms with van der Waals surface area (Å²) in [5.41, 5.74) is 0.742. The second-order valence-corrected chi connectivity index (χ2v) is 16.0. The number of hydrogen-bond donors (Lipinski definition) is 5. The van der Waals surface area contributed by atoms with Crippen molar-refractivity contribution < 1.29 is 58.1 Å². The highest BCUT2D eigenvalue weighted by atomic mass is 16.6. The number of carbonyl (C=O) groups is 8. The first kappa shape index (κ1) is 47.1. The number of carboxylic acid groups (broad SMARTS) is 1. The molecule has 20 heteroatoms. The number of ether oxygens (including phenoxy) is 1. The second-order valence-electron chi connectivity index (χ2n) is 16.0. The van der Waals surface area contributed by atoms with Gasteiger partial charge in [0.05, 0.1) is 5.71 Å². The van der Waals surface area contributed by atoms with Crippen molar-refractivity contribution in [2.75, 3.05) is 26.7 Å². The van der Waals surface area contributed by atoms with Crippen LogP contribution in [0.1, 0.15) is 73.6 Å². The van der Waals surface area contributed by atoms with Gasteiger partial charge in [0.1, 0.15) is 42.1 Å². The molecule has 3 aromatic rings. The summed E-state index contributed by atoms with van der Waals surface area (Å²) in [4.78, 5) is 125. The van der Waals surface area contributed by atoms with Crippen molar-refractivity contribution >= 4 is 53.1 Å². The number of rotatable bonds is 9. The number of carboxylic acids is 1. The van der Waals surface area contributed by atoms with Crippen molar-refractivity contribution in [3.63, 3.8) is 0 Å². The number of benzene rings is 2. The fourth-order valence-corrected chi connectivity index (χ4v) is 8.15. The van der Waals surface area contributed by atoms with Crippen LogP contribution in [0.4, 0.5) is 0 Å². The molecule has 6 amide bonds. The SMILES string of the molecule is CC[C@H]1NC(=O)[C@@H](NC(=O)c2ncccc2O)[C@@H](C)OC(=O)[C@H](c2ccccc2)NC(=O)[C@@H]2C/C(=N/OCC(=O)O)CCN2C(=O)[C@H](Cc2ccccc2)N(C)C(=O)[C@@H]2CCCN2C1=O. The van der Waals surface area contributed by atoms with E-state index in [9.17, 15) is 38.7 Å². The Morgan fingerprint density at radius 1 is 0.892 bits per heavy atom. The third-order valence-corrected chi connectivity index (χ3v) is 11.6. The van der Waals surface area contributed by atoms with Crippen LogP contribution in [0.2, 0.25) is 0 Å². The molecule has 3 saturated heterocycles. The van der Waals surface area contributed by atoms with Crippen molar-refractivity contribution in [3.05, 3.63) is 95.8 Å². The van der Waals surface area contributed by atoms with Crippen LogP contribution in [-0.2, 0) is 49.6 Å². The maximum absolute atomic E-state index is 15.1. The predicted molar refractivity (Wildman–Crippen MR) is 229 cm³/mol. The van der Waals surface area contributed by atoms with Crippen LogP contribution in [0.5, 0.6) is 5.75 Å². The van der Waals surface area contributed by atoms with Crippen LogP contribution in [0.15, 0.2) is 84.1 Å². The first-order valence-corrected chi connectivity index (χ1v) is 21.3. The molecule has 5 N–H and O–H groups in total. The molecule has 3 fully saturated rings. The number of nitrogens with one attached hydrogen (secondary N) is 3. The molecule has 3 aliphatic rings. The second kappa shape index (κ2) is 21.3. The molecule has 4 heterocycles. The minimum atomic E-state index is -1.71. The van der Waals surface area contributed by atoms with Crippen LogP contribution in [0.3, 0.4) is 0 Å². The van der Waals surface area contributed by atoms with Crippen LogP contribution in [-0.4, -0.2) is 146 Å². The number of aromatic hydroxyl groups is 1. The number of hydrogen-bond acceptors (Lipinski definition) is 13. The van der Waals surface area contributed by atoms with Crippen molar-refractivity contribution in [2.45, 2.75) is 94.7 Å². The Balaban J connectivity index is 1.45. The van der Waals surface area contributed by atoms with Crippen molar-refractivity contribution in [3.8, 4) is 5.75 Å². The van der Waals surface area contributed by atoms with E-state index >= 15 is 4.79 Å². The zero-order valence-electron chi connectivity index (χ0n) is 36.1. The molecule has 2 aromatic carbocycles. The topological polar surface area (TPSA) is 267 Å². The lowest BCUT2D eigenvalue weighted by molar-refractivity contribution is -0.156. The highest BCUT2D eigenvalue weighted by molar-refractivity contribution is 6.01. The van der Waals surface area contributed by atoms with Gasteiger partial charge in [-0.2, -0.15) is 0 Å². The monoisotopic (exact) mass is 896 g/mol. The average Bonchev–Trinajstić information content (AvgIpc) is 3.80. The van der Waals surface area contributed by atoms with Gasteiger partial charge in [-0.25, -0.2) is 14.6 Å². The summed E-state index contributed by atoms with van der Waals surface area (Å²) in [5.74, 6) is -7.45. The summed E-state index contributed by atoms with van der Waals surface area (Å²) in [5, 5.41) is 31.4. The summed E-state index contributed by atoms with van der Waals surface area (Å²) in [6.45, 7) is 2.23. The van der Waals surface area contributed by atoms with Gasteiger partial charge in [0.15, 0.2) is 11.7 Å². The number of pyridine rings is 1. The molecule has 0 unspecified atom stereocenters. The standard InChI is InChI=1S/C45H52N8O12/c1-4-30-42(60)52-21-12-17-31(52)43(61)51(3)33(23-27-13-7-5-8-14-27)44(62)53-22-19-29(50-64-25-35(55)56)24-32(53)39(57)49-37(28-15-9-6-10-16-28)45(63)65-26(2)36(40(58)47-30)48-41(59)38-34(54)18-11-20-46-38/h5-11,13-16,18,20,26,30-33,36-37,54H,4,12,17,19,21-25H2,1-3H3,(H,47,58)(H,48,59)(H,49,57)(H,55,56)/b50-29+/t26-,30-,31+,32+,33+,36+,37+/m1/s1. The minimum absolute atomic E-state index is 0.0178. The summed E-state index contributed by atoms with van der Waals surface area (Å²) in [7, 11) is 1.46. The van der Waals surface area contributed by atoms with Gasteiger partial charge in [0.25, 0.3) is 5.91 Å². The first-order valence-electron chi connectivity index (χ1n) is 21.3. The average molecular weight is 897 g/mol. The first-order chi connectivity index (χ1) is 31.2. The number of fused-ring (bicyclic) bond motifs is 2. The number of likely N-dealkylation sites (N-methyl/N-ethyl adjacent to an activating group) is 1. The molecule has 1 aromatic heterocycles. The number of oxime groups is 1. The van der Waals surface area contributed by atoms with Gasteiger partial charge in [-0.05, 0) is 49.4 Å². The van der Waals surface area contributed by atoms with E-state index in [2.05, 4.69) is 26.1 Å². The Bertz CT molecular complexity index is 2300. The molecule has 0 radical (unpaired) electrons. The molecule has 65 heavy (non-hydrogen) atoms. The Morgan fingerprint density at radius 2 is 1.58 bits per heavy atom. The zero-order valence-corrected chi connectivity index (χ0v) is 36.1. The van der Waals surface area contributed by atoms with E-state index < -0.39 is 108 Å². The maximum atomic E-state index is 15.1. The lowest BCUT2D eigenvalue weighted by Crippen LogP contribution is -2.61. The summed E-state index contributed by atoms with van der Waals surface area (Å²) in [6.07, 6.45) is 0.310. The fraction of sp³-hybridized carbons (Fsp3) is 0.422. The number of esters is 1. The Hall–Kier alpha value is -7.38. The Morgan fingerprint density at radius 3 is 2.26 bits per heavy atom. The highest BCUT2D eigenvalue weighted by Crippen LogP contribution is 2.27. The van der Waals surface area contributed by atoms with Gasteiger partial charge in [-0.15, -0.1) is 0 Å². The van der Waals surface area contributed by atoms with Crippen molar-refractivity contribution in [2.24, 2.45) is 5.16 Å². The number of cyclic esters (lactones) is 1. The summed E-state index contributed by atoms with van der Waals surface area (Å²) in [6, 6.07) is 11.4. The quantitative estimate of drug-likeness (QED) is 0.149. The third-order valence-electron chi connectivity index (χ3n) is 11.6. The van der Waals surface area contributed by atoms with E-state index in [0.717, 1.165) is 0 Å². The molecular formula is C45H52N8O12. The van der Waals surface area contributed by atoms with E-state index in [-0.39, 0.29) is 56.5 Å². The summed E-state index contributed by atoms with van der Waals surface area (Å²) >= 11 is 0. The number of amides is 6. The van der Waals surface area contributed by atoms with Crippen molar-refractivity contribution in [1.82, 2.24) is 35.6 Å². The minimum Gasteiger partial charge on any atom is -0.505 e. The zero-order chi connectivity index (χ0) is 46.8. The van der Waals surface area contributed by atoms with E-state index in [1.54, 1.807) is 67.6 Å². The highest BCUT2D eigenvalue weighted by Gasteiger charge is 2.45. The molecule has 7 atom stereocenters. The lowest BCUT2D eigenvalue weighted by atomic mass is 9.95. The van der Waals surface area contributed by atoms with Crippen LogP contribution < -0.4 is 16.0 Å². The number of piperidine rings is 1. The molecule has 0 saturated carbocycles. The molecule has 344 valence electrons. The molecular weight excluding hydrogens is 845 g/mol. The van der Waals surface area contributed by atoms with Crippen LogP contribution in [0, 0.1) is 0 Å². The maximum Gasteiger partial charge on any atom is 0.344 e. The smallest absolute Gasteiger partial charge is 0.344 e. The van der Waals surface area contributed by atoms with E-state index in [1.807, 2.05) is 0 Å². The van der Waals surface area contributed by atoms with Crippen molar-refractivity contribution in [1.29, 1.82) is 0 Å². The molecule has 0 bridgehead atoms. The van der Waals surface area contributed by atoms with Gasteiger partial charge in [-0.3, -0.25) is 28.8 Å². The van der Waals surface area contributed by atoms with Gasteiger partial charge in [0.2, 0.25) is 36.1 Å². The molecule has 20 nitrogen and oxygen atoms in total. The normalized spacial score (nSPS) is 25.6. The van der Waals surface area contributed by atoms with Crippen LogP contribution >= 0.6 is 0 Å². The molecule has 0 spiro atoms. The van der Waals surface area contributed by atoms with E-state index in [1.165, 1.54) is 47.0 Å². The van der Waals surface area contributed by atoms with Crippen LogP contribution in [0.25, 0.3) is 0 Å². The van der Waals surface area contributed by atoms with Gasteiger partial charge < -0.3 is 50.4 Å². The number of aromatic nitrogens is 1. The summed E-state index contributed by atoms with van der Waals surface area (Å²) < 4.78 is 5.87. The molecule has 6 rings (SSSR count). The number of nitrogens with zero attached hydrogens (tertiary/aromatic N) is 5. The Kier molecular flexibility index (Phi) is 15.5. The predicted octanol–water partition coefficient (Wildman–Crippen LogP) is 1.09. The fourth-order valence-electron chi connectivity index (χ4n) is 8.15. The Labute approximate surface area is 374 Å². The van der Waals surface area contributed by atoms with Gasteiger partial charge in [0, 0.05) is 45.6 Å². The van der Waals surface area contributed by atoms with Gasteiger partial charge in [-0.1, -0.05) is 72.7 Å². The van der Waals surface area contributed by atoms with Gasteiger partial charge >= 0.3 is 11.9 Å². The third kappa shape index (κ3) is 11.2. The van der Waals surface area contributed by atoms with E-state index in [4.69, 9.17) is 14.7 Å². The molecule has 3 aliphatic heterocycles. The van der Waals surface area contributed by atoms with E-state index in [0.29, 0.717) is 12.0 Å². The lowest BCUT2D eigenvalue weighted by Gasteiger charge is -2.40. The number of aliphatic carboxylic acids is 1. The largest absolute Gasteiger partial charge is 0.505 e. The number of carbonyl (C=O) groups excluding carboxylic acids is 7. The molecule has 0 aliphatic carbocycles.